The lowest BCUT2D eigenvalue weighted by Gasteiger charge is -1.95. The summed E-state index contributed by atoms with van der Waals surface area (Å²) in [6.07, 6.45) is 3.88. The third-order valence-electron chi connectivity index (χ3n) is 1.64. The second-order valence-electron chi connectivity index (χ2n) is 2.88. The molecule has 2 heteroatoms. The van der Waals surface area contributed by atoms with Crippen molar-refractivity contribution < 1.29 is 9.90 Å². The molecular weight excluding hydrogens is 164 g/mol. The van der Waals surface area contributed by atoms with Crippen LogP contribution in [0.1, 0.15) is 22.8 Å². The zero-order valence-corrected chi connectivity index (χ0v) is 7.47. The lowest BCUT2D eigenvalue weighted by atomic mass is 10.1. The monoisotopic (exact) mass is 176 g/mol. The van der Waals surface area contributed by atoms with E-state index >= 15 is 0 Å². The first-order valence-electron chi connectivity index (χ1n) is 4.14. The molecular formula is C11H12O2. The van der Waals surface area contributed by atoms with Crippen molar-refractivity contribution in [3.63, 3.8) is 0 Å². The number of carbonyl (C=O) groups excluding carboxylic acids is 1. The third-order valence-corrected chi connectivity index (χ3v) is 1.64. The summed E-state index contributed by atoms with van der Waals surface area (Å²) in [5, 5.41) is 8.97. The van der Waals surface area contributed by atoms with Crippen LogP contribution in [0, 0.1) is 0 Å². The van der Waals surface area contributed by atoms with Crippen LogP contribution in [0.3, 0.4) is 0 Å². The maximum atomic E-state index is 10.3. The molecule has 1 aromatic rings. The highest BCUT2D eigenvalue weighted by Gasteiger charge is 1.90. The van der Waals surface area contributed by atoms with Crippen LogP contribution in [0.5, 0.6) is 0 Å². The molecule has 2 nitrogen and oxygen atoms in total. The minimum Gasteiger partial charge on any atom is -0.389 e. The molecule has 0 aliphatic heterocycles. The average Bonchev–Trinajstić information content (AvgIpc) is 2.15. The van der Waals surface area contributed by atoms with Gasteiger partial charge in [-0.3, -0.25) is 4.79 Å². The fourth-order valence-corrected chi connectivity index (χ4v) is 0.936. The number of hydrogen-bond acceptors (Lipinski definition) is 2. The van der Waals surface area contributed by atoms with Crippen molar-refractivity contribution in [2.45, 2.75) is 13.0 Å². The fraction of sp³-hybridized carbons (Fsp3) is 0.182. The normalized spacial score (nSPS) is 13.1. The number of aliphatic hydroxyl groups excluding tert-OH is 1. The Morgan fingerprint density at radius 2 is 1.77 bits per heavy atom. The highest BCUT2D eigenvalue weighted by atomic mass is 16.3. The van der Waals surface area contributed by atoms with E-state index in [0.29, 0.717) is 5.56 Å². The number of hydrogen-bond donors (Lipinski definition) is 1. The van der Waals surface area contributed by atoms with Crippen molar-refractivity contribution in [2.75, 3.05) is 0 Å². The summed E-state index contributed by atoms with van der Waals surface area (Å²) in [5.74, 6) is 0. The minimum atomic E-state index is -0.439. The lowest BCUT2D eigenvalue weighted by molar-refractivity contribution is 0.112. The Labute approximate surface area is 77.5 Å². The van der Waals surface area contributed by atoms with Crippen molar-refractivity contribution in [2.24, 2.45) is 0 Å². The van der Waals surface area contributed by atoms with Crippen LogP contribution < -0.4 is 0 Å². The molecule has 1 atom stereocenters. The van der Waals surface area contributed by atoms with Gasteiger partial charge < -0.3 is 5.11 Å². The maximum Gasteiger partial charge on any atom is 0.150 e. The molecule has 0 aliphatic carbocycles. The Hall–Kier alpha value is -1.41. The van der Waals surface area contributed by atoms with Crippen LogP contribution in [0.15, 0.2) is 30.3 Å². The molecule has 1 rings (SSSR count). The molecule has 0 amide bonds. The first kappa shape index (κ1) is 9.68. The molecule has 1 aromatic carbocycles. The van der Waals surface area contributed by atoms with Crippen molar-refractivity contribution in [1.82, 2.24) is 0 Å². The summed E-state index contributed by atoms with van der Waals surface area (Å²) in [6.45, 7) is 1.69. The molecule has 0 spiro atoms. The van der Waals surface area contributed by atoms with Crippen molar-refractivity contribution >= 4 is 12.4 Å². The molecule has 0 saturated carbocycles. The highest BCUT2D eigenvalue weighted by molar-refractivity contribution is 5.75. The predicted octanol–water partition coefficient (Wildman–Crippen LogP) is 1.89. The summed E-state index contributed by atoms with van der Waals surface area (Å²) in [6, 6.07) is 7.16. The fourth-order valence-electron chi connectivity index (χ4n) is 0.936. The van der Waals surface area contributed by atoms with Crippen molar-refractivity contribution in [3.05, 3.63) is 41.5 Å². The van der Waals surface area contributed by atoms with Crippen LogP contribution in [-0.2, 0) is 0 Å². The Bertz CT molecular complexity index is 296. The minimum absolute atomic E-state index is 0.439. The quantitative estimate of drug-likeness (QED) is 0.714. The van der Waals surface area contributed by atoms with E-state index < -0.39 is 6.10 Å². The van der Waals surface area contributed by atoms with Gasteiger partial charge in [0, 0.05) is 5.56 Å². The summed E-state index contributed by atoms with van der Waals surface area (Å²) >= 11 is 0. The van der Waals surface area contributed by atoms with Gasteiger partial charge in [0.05, 0.1) is 6.10 Å². The molecule has 68 valence electrons. The summed E-state index contributed by atoms with van der Waals surface area (Å²) < 4.78 is 0. The van der Waals surface area contributed by atoms with Crippen LogP contribution in [0.2, 0.25) is 0 Å². The molecule has 0 saturated heterocycles. The van der Waals surface area contributed by atoms with E-state index in [1.165, 1.54) is 0 Å². The largest absolute Gasteiger partial charge is 0.389 e. The van der Waals surface area contributed by atoms with E-state index in [1.54, 1.807) is 25.1 Å². The number of aliphatic hydroxyl groups is 1. The molecule has 0 radical (unpaired) electrons. The van der Waals surface area contributed by atoms with E-state index in [0.717, 1.165) is 11.8 Å². The molecule has 0 aliphatic rings. The van der Waals surface area contributed by atoms with Gasteiger partial charge in [-0.2, -0.15) is 0 Å². The Morgan fingerprint density at radius 3 is 2.23 bits per heavy atom. The van der Waals surface area contributed by atoms with Gasteiger partial charge in [-0.1, -0.05) is 36.4 Å². The number of rotatable bonds is 3. The van der Waals surface area contributed by atoms with Gasteiger partial charge in [-0.25, -0.2) is 0 Å². The van der Waals surface area contributed by atoms with Crippen LogP contribution in [0.4, 0.5) is 0 Å². The van der Waals surface area contributed by atoms with Gasteiger partial charge in [0.1, 0.15) is 6.29 Å². The van der Waals surface area contributed by atoms with Gasteiger partial charge in [0.15, 0.2) is 0 Å². The molecule has 1 unspecified atom stereocenters. The second kappa shape index (κ2) is 4.58. The third kappa shape index (κ3) is 3.22. The molecule has 1 N–H and O–H groups in total. The highest BCUT2D eigenvalue weighted by Crippen LogP contribution is 2.04. The van der Waals surface area contributed by atoms with Crippen LogP contribution >= 0.6 is 0 Å². The first-order valence-corrected chi connectivity index (χ1v) is 4.14. The Kier molecular flexibility index (Phi) is 3.41. The van der Waals surface area contributed by atoms with Gasteiger partial charge in [0.2, 0.25) is 0 Å². The van der Waals surface area contributed by atoms with Crippen LogP contribution in [-0.4, -0.2) is 17.5 Å². The Balaban J connectivity index is 2.75. The van der Waals surface area contributed by atoms with Crippen molar-refractivity contribution in [1.29, 1.82) is 0 Å². The van der Waals surface area contributed by atoms with Gasteiger partial charge in [-0.05, 0) is 12.5 Å². The predicted molar refractivity (Wildman–Crippen MR) is 52.5 cm³/mol. The van der Waals surface area contributed by atoms with Crippen LogP contribution in [0.25, 0.3) is 6.08 Å². The second-order valence-corrected chi connectivity index (χ2v) is 2.88. The Morgan fingerprint density at radius 1 is 1.23 bits per heavy atom. The van der Waals surface area contributed by atoms with Gasteiger partial charge >= 0.3 is 0 Å². The summed E-state index contributed by atoms with van der Waals surface area (Å²) in [7, 11) is 0. The van der Waals surface area contributed by atoms with E-state index in [4.69, 9.17) is 5.11 Å². The molecule has 0 fully saturated rings. The maximum absolute atomic E-state index is 10.3. The van der Waals surface area contributed by atoms with E-state index in [9.17, 15) is 4.79 Å². The molecule has 13 heavy (non-hydrogen) atoms. The van der Waals surface area contributed by atoms with E-state index in [2.05, 4.69) is 0 Å². The number of carbonyl (C=O) groups is 1. The summed E-state index contributed by atoms with van der Waals surface area (Å²) in [5.41, 5.74) is 1.64. The standard InChI is InChI=1S/C11H12O2/c1-9(13)2-3-10-4-6-11(8-12)7-5-10/h2-9,13H,1H3/b3-2+. The molecule has 0 bridgehead atoms. The topological polar surface area (TPSA) is 37.3 Å². The zero-order valence-electron chi connectivity index (χ0n) is 7.47. The molecule has 0 aromatic heterocycles. The molecule has 0 heterocycles. The number of aldehydes is 1. The SMILES string of the molecule is CC(O)/C=C/c1ccc(C=O)cc1. The van der Waals surface area contributed by atoms with E-state index in [-0.39, 0.29) is 0 Å². The van der Waals surface area contributed by atoms with Crippen molar-refractivity contribution in [3.8, 4) is 0 Å². The summed E-state index contributed by atoms with van der Waals surface area (Å²) in [4.78, 5) is 10.3. The number of benzene rings is 1. The van der Waals surface area contributed by atoms with E-state index in [1.807, 2.05) is 18.2 Å². The van der Waals surface area contributed by atoms with Gasteiger partial charge in [-0.15, -0.1) is 0 Å². The zero-order chi connectivity index (χ0) is 9.68. The lowest BCUT2D eigenvalue weighted by Crippen LogP contribution is -1.91. The van der Waals surface area contributed by atoms with Gasteiger partial charge in [0.25, 0.3) is 0 Å². The first-order chi connectivity index (χ1) is 6.22. The average molecular weight is 176 g/mol. The smallest absolute Gasteiger partial charge is 0.150 e.